The standard InChI is InChI=1S/C32H33N7O4/c1-18-3-4-27-19(13-18)6-12-38(27)17-21(40)16-34-24-5-9-33-30(41)28(24)29-35-25-14-22-23(15-26(25)36-29)32(43)39(31(22)42)20-7-10-37(2)11-8-20/h3-6,9,12-15,20-21,40H,7-8,10-11,16-17H2,1-2H3,(H,35,36)(H2,33,34,41)/t21-/m1/s1. The van der Waals surface area contributed by atoms with Crippen LogP contribution in [-0.4, -0.2) is 85.1 Å². The number of hydrogen-bond donors (Lipinski definition) is 4. The fourth-order valence-electron chi connectivity index (χ4n) is 6.32. The summed E-state index contributed by atoms with van der Waals surface area (Å²) in [5.74, 6) is -0.274. The summed E-state index contributed by atoms with van der Waals surface area (Å²) in [6, 6.07) is 13.1. The minimum absolute atomic E-state index is 0.113. The molecule has 0 radical (unpaired) electrons. The summed E-state index contributed by atoms with van der Waals surface area (Å²) in [4.78, 5) is 53.8. The van der Waals surface area contributed by atoms with Crippen LogP contribution in [-0.2, 0) is 6.54 Å². The highest BCUT2D eigenvalue weighted by atomic mass is 16.3. The first-order valence-corrected chi connectivity index (χ1v) is 14.6. The molecule has 0 bridgehead atoms. The van der Waals surface area contributed by atoms with Crippen molar-refractivity contribution in [2.45, 2.75) is 38.5 Å². The largest absolute Gasteiger partial charge is 0.389 e. The van der Waals surface area contributed by atoms with Gasteiger partial charge in [-0.3, -0.25) is 19.3 Å². The number of amides is 2. The van der Waals surface area contributed by atoms with Gasteiger partial charge in [0.15, 0.2) is 0 Å². The Morgan fingerprint density at radius 1 is 1.05 bits per heavy atom. The number of imide groups is 1. The molecular formula is C32H33N7O4. The highest BCUT2D eigenvalue weighted by Gasteiger charge is 2.41. The number of rotatable bonds is 7. The van der Waals surface area contributed by atoms with Crippen molar-refractivity contribution in [2.24, 2.45) is 0 Å². The van der Waals surface area contributed by atoms with Crippen molar-refractivity contribution in [1.82, 2.24) is 29.3 Å². The number of aromatic nitrogens is 4. The number of benzene rings is 2. The lowest BCUT2D eigenvalue weighted by Gasteiger charge is -2.33. The number of fused-ring (bicyclic) bond motifs is 3. The lowest BCUT2D eigenvalue weighted by molar-refractivity contribution is 0.0516. The van der Waals surface area contributed by atoms with Gasteiger partial charge in [-0.15, -0.1) is 0 Å². The molecule has 11 heteroatoms. The van der Waals surface area contributed by atoms with Crippen molar-refractivity contribution in [3.05, 3.63) is 81.9 Å². The summed E-state index contributed by atoms with van der Waals surface area (Å²) in [5.41, 5.74) is 4.38. The van der Waals surface area contributed by atoms with Crippen LogP contribution in [0.5, 0.6) is 0 Å². The van der Waals surface area contributed by atoms with Crippen molar-refractivity contribution < 1.29 is 14.7 Å². The summed E-state index contributed by atoms with van der Waals surface area (Å²) in [6.45, 7) is 4.31. The van der Waals surface area contributed by atoms with E-state index < -0.39 is 6.10 Å². The van der Waals surface area contributed by atoms with E-state index in [9.17, 15) is 19.5 Å². The SMILES string of the molecule is Cc1ccc2c(ccn2C[C@H](O)CNc2cc[nH]c(=O)c2-c2nc3cc4c(cc3[nH]2)C(=O)N(C2CCN(C)CC2)C4=O)c1. The number of carbonyl (C=O) groups is 2. The van der Waals surface area contributed by atoms with Crippen LogP contribution in [0.25, 0.3) is 33.3 Å². The number of aliphatic hydroxyl groups is 1. The number of nitrogens with zero attached hydrogens (tertiary/aromatic N) is 4. The number of nitrogens with one attached hydrogen (secondary N) is 3. The molecule has 5 heterocycles. The summed E-state index contributed by atoms with van der Waals surface area (Å²) in [5, 5.41) is 15.2. The molecule has 3 aromatic heterocycles. The lowest BCUT2D eigenvalue weighted by Crippen LogP contribution is -2.46. The topological polar surface area (TPSA) is 139 Å². The number of anilines is 1. The van der Waals surface area contributed by atoms with Crippen molar-refractivity contribution in [1.29, 1.82) is 0 Å². The van der Waals surface area contributed by atoms with Crippen molar-refractivity contribution in [3.63, 3.8) is 0 Å². The maximum Gasteiger partial charge on any atom is 0.261 e. The fraction of sp³-hybridized carbons (Fsp3) is 0.312. The predicted octanol–water partition coefficient (Wildman–Crippen LogP) is 3.34. The summed E-state index contributed by atoms with van der Waals surface area (Å²) < 4.78 is 2.01. The minimum atomic E-state index is -0.729. The van der Waals surface area contributed by atoms with Gasteiger partial charge in [-0.25, -0.2) is 4.98 Å². The second-order valence-corrected chi connectivity index (χ2v) is 11.7. The van der Waals surface area contributed by atoms with Crippen molar-refractivity contribution >= 4 is 39.4 Å². The number of carbonyl (C=O) groups excluding carboxylic acids is 2. The summed E-state index contributed by atoms with van der Waals surface area (Å²) in [6.07, 6.45) is 4.28. The van der Waals surface area contributed by atoms with Crippen LogP contribution in [0, 0.1) is 6.92 Å². The van der Waals surface area contributed by atoms with E-state index in [0.29, 0.717) is 40.2 Å². The number of likely N-dealkylation sites (tertiary alicyclic amines) is 1. The van der Waals surface area contributed by atoms with Gasteiger partial charge in [-0.1, -0.05) is 11.6 Å². The number of hydrogen-bond acceptors (Lipinski definition) is 7. The predicted molar refractivity (Wildman–Crippen MR) is 164 cm³/mol. The second-order valence-electron chi connectivity index (χ2n) is 11.7. The van der Waals surface area contributed by atoms with E-state index in [4.69, 9.17) is 0 Å². The third kappa shape index (κ3) is 4.80. The molecule has 0 unspecified atom stereocenters. The summed E-state index contributed by atoms with van der Waals surface area (Å²) in [7, 11) is 2.04. The van der Waals surface area contributed by atoms with Crippen LogP contribution in [0.4, 0.5) is 5.69 Å². The Hall–Kier alpha value is -4.74. The van der Waals surface area contributed by atoms with Crippen LogP contribution in [0.2, 0.25) is 0 Å². The highest BCUT2D eigenvalue weighted by Crippen LogP contribution is 2.32. The third-order valence-electron chi connectivity index (χ3n) is 8.63. The van der Waals surface area contributed by atoms with Gasteiger partial charge in [0.1, 0.15) is 11.4 Å². The maximum absolute atomic E-state index is 13.3. The average Bonchev–Trinajstić information content (AvgIpc) is 3.65. The Bertz CT molecular complexity index is 1890. The molecular weight excluding hydrogens is 546 g/mol. The van der Waals surface area contributed by atoms with Gasteiger partial charge >= 0.3 is 0 Å². The molecule has 1 saturated heterocycles. The lowest BCUT2D eigenvalue weighted by atomic mass is 10.0. The van der Waals surface area contributed by atoms with Crippen molar-refractivity contribution in [3.8, 4) is 11.4 Å². The van der Waals surface area contributed by atoms with Crippen molar-refractivity contribution in [2.75, 3.05) is 32.0 Å². The molecule has 0 aliphatic carbocycles. The monoisotopic (exact) mass is 579 g/mol. The van der Waals surface area contributed by atoms with E-state index in [1.54, 1.807) is 18.2 Å². The number of imidazole rings is 1. The van der Waals surface area contributed by atoms with Gasteiger partial charge in [-0.2, -0.15) is 0 Å². The number of H-pyrrole nitrogens is 2. The molecule has 1 atom stereocenters. The number of aryl methyl sites for hydroxylation is 1. The number of piperidine rings is 1. The van der Waals surface area contributed by atoms with Crippen LogP contribution in [0.1, 0.15) is 39.1 Å². The Balaban J connectivity index is 1.12. The molecule has 2 aromatic carbocycles. The molecule has 2 aliphatic heterocycles. The van der Waals surface area contributed by atoms with E-state index >= 15 is 0 Å². The second kappa shape index (κ2) is 10.5. The van der Waals surface area contributed by atoms with Gasteiger partial charge in [0.25, 0.3) is 17.4 Å². The van der Waals surface area contributed by atoms with E-state index in [0.717, 1.165) is 36.8 Å². The molecule has 11 nitrogen and oxygen atoms in total. The van der Waals surface area contributed by atoms with Crippen LogP contribution >= 0.6 is 0 Å². The van der Waals surface area contributed by atoms with Gasteiger partial charge in [0.05, 0.1) is 40.5 Å². The number of aliphatic hydroxyl groups excluding tert-OH is 1. The zero-order valence-electron chi connectivity index (χ0n) is 24.1. The molecule has 5 aromatic rings. The quantitative estimate of drug-likeness (QED) is 0.217. The van der Waals surface area contributed by atoms with Crippen LogP contribution < -0.4 is 10.9 Å². The zero-order valence-corrected chi connectivity index (χ0v) is 24.1. The van der Waals surface area contributed by atoms with Gasteiger partial charge < -0.3 is 29.9 Å². The van der Waals surface area contributed by atoms with Crippen LogP contribution in [0.3, 0.4) is 0 Å². The zero-order chi connectivity index (χ0) is 29.8. The van der Waals surface area contributed by atoms with E-state index in [-0.39, 0.29) is 35.5 Å². The van der Waals surface area contributed by atoms with Gasteiger partial charge in [0.2, 0.25) is 0 Å². The molecule has 0 saturated carbocycles. The first-order valence-electron chi connectivity index (χ1n) is 14.6. The van der Waals surface area contributed by atoms with E-state index in [1.807, 2.05) is 42.9 Å². The molecule has 4 N–H and O–H groups in total. The molecule has 2 aliphatic rings. The smallest absolute Gasteiger partial charge is 0.261 e. The molecule has 1 fully saturated rings. The molecule has 220 valence electrons. The third-order valence-corrected chi connectivity index (χ3v) is 8.63. The normalized spacial score (nSPS) is 16.9. The molecule has 2 amide bonds. The van der Waals surface area contributed by atoms with E-state index in [1.165, 1.54) is 16.7 Å². The first-order chi connectivity index (χ1) is 20.8. The number of aromatic amines is 2. The molecule has 7 rings (SSSR count). The number of pyridine rings is 1. The Morgan fingerprint density at radius 2 is 1.81 bits per heavy atom. The van der Waals surface area contributed by atoms with Crippen LogP contribution in [0.15, 0.2) is 59.7 Å². The molecule has 43 heavy (non-hydrogen) atoms. The fourth-order valence-corrected chi connectivity index (χ4v) is 6.32. The Labute approximate surface area is 247 Å². The maximum atomic E-state index is 13.3. The van der Waals surface area contributed by atoms with E-state index in [2.05, 4.69) is 31.2 Å². The Kier molecular flexibility index (Phi) is 6.63. The minimum Gasteiger partial charge on any atom is -0.389 e. The Morgan fingerprint density at radius 3 is 2.60 bits per heavy atom. The first kappa shape index (κ1) is 27.1. The average molecular weight is 580 g/mol. The summed E-state index contributed by atoms with van der Waals surface area (Å²) >= 11 is 0. The molecule has 0 spiro atoms. The highest BCUT2D eigenvalue weighted by molar-refractivity contribution is 6.23. The van der Waals surface area contributed by atoms with Gasteiger partial charge in [-0.05, 0) is 81.7 Å². The van der Waals surface area contributed by atoms with Gasteiger partial charge in [0, 0.05) is 30.5 Å².